The Morgan fingerprint density at radius 3 is 2.40 bits per heavy atom. The third kappa shape index (κ3) is 4.55. The SMILES string of the molecule is COc1c(Br)cc(C2NC(=O)NC(C)=C2C(=O)OCC(C)C)cc1Br. The van der Waals surface area contributed by atoms with Gasteiger partial charge in [-0.05, 0) is 62.4 Å². The van der Waals surface area contributed by atoms with E-state index in [1.54, 1.807) is 14.0 Å². The fourth-order valence-corrected chi connectivity index (χ4v) is 4.02. The molecule has 25 heavy (non-hydrogen) atoms. The highest BCUT2D eigenvalue weighted by molar-refractivity contribution is 9.11. The molecule has 8 heteroatoms. The molecule has 1 heterocycles. The fourth-order valence-electron chi connectivity index (χ4n) is 2.48. The van der Waals surface area contributed by atoms with Crippen molar-refractivity contribution in [2.45, 2.75) is 26.8 Å². The van der Waals surface area contributed by atoms with E-state index in [0.29, 0.717) is 32.6 Å². The van der Waals surface area contributed by atoms with E-state index in [0.717, 1.165) is 5.56 Å². The minimum absolute atomic E-state index is 0.221. The first kappa shape index (κ1) is 19.8. The lowest BCUT2D eigenvalue weighted by atomic mass is 9.95. The van der Waals surface area contributed by atoms with Crippen molar-refractivity contribution >= 4 is 43.9 Å². The first-order chi connectivity index (χ1) is 11.7. The zero-order valence-electron chi connectivity index (χ0n) is 14.4. The Bertz CT molecular complexity index is 708. The van der Waals surface area contributed by atoms with E-state index in [4.69, 9.17) is 9.47 Å². The summed E-state index contributed by atoms with van der Waals surface area (Å²) in [5, 5.41) is 5.41. The molecule has 1 unspecified atom stereocenters. The average molecular weight is 476 g/mol. The summed E-state index contributed by atoms with van der Waals surface area (Å²) in [6, 6.07) is 2.63. The number of hydrogen-bond donors (Lipinski definition) is 2. The van der Waals surface area contributed by atoms with Crippen LogP contribution in [0, 0.1) is 5.92 Å². The molecule has 0 spiro atoms. The molecule has 1 aromatic carbocycles. The highest BCUT2D eigenvalue weighted by atomic mass is 79.9. The van der Waals surface area contributed by atoms with Crippen LogP contribution in [-0.4, -0.2) is 25.7 Å². The lowest BCUT2D eigenvalue weighted by molar-refractivity contribution is -0.140. The Morgan fingerprint density at radius 2 is 1.88 bits per heavy atom. The van der Waals surface area contributed by atoms with E-state index in [1.807, 2.05) is 26.0 Å². The summed E-state index contributed by atoms with van der Waals surface area (Å²) in [6.07, 6.45) is 0. The van der Waals surface area contributed by atoms with Crippen LogP contribution in [0.5, 0.6) is 5.75 Å². The van der Waals surface area contributed by atoms with Gasteiger partial charge >= 0.3 is 12.0 Å². The van der Waals surface area contributed by atoms with Gasteiger partial charge in [0, 0.05) is 5.70 Å². The number of ether oxygens (including phenoxy) is 2. The molecule has 0 saturated carbocycles. The fraction of sp³-hybridized carbons (Fsp3) is 0.412. The molecular weight excluding hydrogens is 456 g/mol. The molecular formula is C17H20Br2N2O4. The maximum atomic E-state index is 12.6. The van der Waals surface area contributed by atoms with Crippen LogP contribution >= 0.6 is 31.9 Å². The van der Waals surface area contributed by atoms with Crippen LogP contribution in [0.1, 0.15) is 32.4 Å². The second-order valence-electron chi connectivity index (χ2n) is 6.08. The summed E-state index contributed by atoms with van der Waals surface area (Å²) in [6.45, 7) is 5.92. The van der Waals surface area contributed by atoms with Gasteiger partial charge in [0.2, 0.25) is 0 Å². The summed E-state index contributed by atoms with van der Waals surface area (Å²) in [7, 11) is 1.57. The van der Waals surface area contributed by atoms with E-state index in [1.165, 1.54) is 0 Å². The number of halogens is 2. The van der Waals surface area contributed by atoms with Crippen LogP contribution in [0.25, 0.3) is 0 Å². The van der Waals surface area contributed by atoms with Gasteiger partial charge < -0.3 is 20.1 Å². The van der Waals surface area contributed by atoms with Crippen molar-refractivity contribution in [2.75, 3.05) is 13.7 Å². The van der Waals surface area contributed by atoms with Gasteiger partial charge in [-0.2, -0.15) is 0 Å². The van der Waals surface area contributed by atoms with Crippen molar-refractivity contribution in [3.05, 3.63) is 37.9 Å². The molecule has 0 bridgehead atoms. The van der Waals surface area contributed by atoms with Crippen molar-refractivity contribution in [1.82, 2.24) is 10.6 Å². The van der Waals surface area contributed by atoms with E-state index >= 15 is 0 Å². The van der Waals surface area contributed by atoms with Gasteiger partial charge in [-0.3, -0.25) is 0 Å². The van der Waals surface area contributed by atoms with E-state index in [2.05, 4.69) is 42.5 Å². The predicted octanol–water partition coefficient (Wildman–Crippen LogP) is 4.05. The number of amides is 2. The van der Waals surface area contributed by atoms with Crippen LogP contribution < -0.4 is 15.4 Å². The number of esters is 1. The molecule has 2 rings (SSSR count). The quantitative estimate of drug-likeness (QED) is 0.630. The number of carbonyl (C=O) groups excluding carboxylic acids is 2. The Balaban J connectivity index is 2.44. The van der Waals surface area contributed by atoms with Crippen LogP contribution in [0.3, 0.4) is 0 Å². The smallest absolute Gasteiger partial charge is 0.338 e. The van der Waals surface area contributed by atoms with Crippen molar-refractivity contribution in [2.24, 2.45) is 5.92 Å². The summed E-state index contributed by atoms with van der Waals surface area (Å²) >= 11 is 6.89. The molecule has 1 aromatic rings. The second-order valence-corrected chi connectivity index (χ2v) is 7.79. The van der Waals surface area contributed by atoms with Crippen LogP contribution in [0.4, 0.5) is 4.79 Å². The van der Waals surface area contributed by atoms with Gasteiger partial charge in [-0.15, -0.1) is 0 Å². The number of benzene rings is 1. The average Bonchev–Trinajstić information content (AvgIpc) is 2.51. The van der Waals surface area contributed by atoms with Gasteiger partial charge in [-0.25, -0.2) is 9.59 Å². The lowest BCUT2D eigenvalue weighted by Gasteiger charge is -2.28. The Hall–Kier alpha value is -1.54. The highest BCUT2D eigenvalue weighted by Gasteiger charge is 2.33. The molecule has 0 fully saturated rings. The number of rotatable bonds is 5. The maximum Gasteiger partial charge on any atom is 0.338 e. The molecule has 1 atom stereocenters. The third-order valence-electron chi connectivity index (χ3n) is 3.59. The number of allylic oxidation sites excluding steroid dienone is 1. The van der Waals surface area contributed by atoms with Crippen molar-refractivity contribution in [1.29, 1.82) is 0 Å². The van der Waals surface area contributed by atoms with Gasteiger partial charge in [0.1, 0.15) is 5.75 Å². The van der Waals surface area contributed by atoms with Crippen LogP contribution in [-0.2, 0) is 9.53 Å². The predicted molar refractivity (Wildman–Crippen MR) is 101 cm³/mol. The van der Waals surface area contributed by atoms with Crippen LogP contribution in [0.2, 0.25) is 0 Å². The third-order valence-corrected chi connectivity index (χ3v) is 4.77. The number of urea groups is 1. The van der Waals surface area contributed by atoms with Gasteiger partial charge in [-0.1, -0.05) is 13.8 Å². The molecule has 6 nitrogen and oxygen atoms in total. The Kier molecular flexibility index (Phi) is 6.51. The molecule has 1 aliphatic rings. The molecule has 0 saturated heterocycles. The van der Waals surface area contributed by atoms with E-state index in [9.17, 15) is 9.59 Å². The molecule has 0 aliphatic carbocycles. The number of methoxy groups -OCH3 is 1. The van der Waals surface area contributed by atoms with Crippen molar-refractivity contribution in [3.8, 4) is 5.75 Å². The molecule has 1 aliphatic heterocycles. The highest BCUT2D eigenvalue weighted by Crippen LogP contribution is 2.38. The first-order valence-corrected chi connectivity index (χ1v) is 9.31. The maximum absolute atomic E-state index is 12.6. The normalized spacial score (nSPS) is 17.2. The molecule has 0 radical (unpaired) electrons. The van der Waals surface area contributed by atoms with Gasteiger partial charge in [0.15, 0.2) is 0 Å². The largest absolute Gasteiger partial charge is 0.494 e. The summed E-state index contributed by atoms with van der Waals surface area (Å²) in [5.74, 6) is 0.402. The van der Waals surface area contributed by atoms with Gasteiger partial charge in [0.25, 0.3) is 0 Å². The Labute approximate surface area is 163 Å². The molecule has 2 N–H and O–H groups in total. The standard InChI is InChI=1S/C17H20Br2N2O4/c1-8(2)7-25-16(22)13-9(3)20-17(23)21-14(13)10-5-11(18)15(24-4)12(19)6-10/h5-6,8,14H,7H2,1-4H3,(H2,20,21,23). The topological polar surface area (TPSA) is 76.7 Å². The minimum Gasteiger partial charge on any atom is -0.494 e. The van der Waals surface area contributed by atoms with Gasteiger partial charge in [0.05, 0.1) is 34.3 Å². The number of carbonyl (C=O) groups is 2. The monoisotopic (exact) mass is 474 g/mol. The zero-order chi connectivity index (χ0) is 18.7. The number of nitrogens with one attached hydrogen (secondary N) is 2. The van der Waals surface area contributed by atoms with E-state index in [-0.39, 0.29) is 11.9 Å². The van der Waals surface area contributed by atoms with Crippen molar-refractivity contribution in [3.63, 3.8) is 0 Å². The summed E-state index contributed by atoms with van der Waals surface area (Å²) in [5.41, 5.74) is 1.58. The molecule has 2 amide bonds. The Morgan fingerprint density at radius 1 is 1.28 bits per heavy atom. The second kappa shape index (κ2) is 8.23. The van der Waals surface area contributed by atoms with Crippen molar-refractivity contribution < 1.29 is 19.1 Å². The van der Waals surface area contributed by atoms with E-state index < -0.39 is 12.0 Å². The van der Waals surface area contributed by atoms with Crippen LogP contribution in [0.15, 0.2) is 32.3 Å². The first-order valence-electron chi connectivity index (χ1n) is 7.73. The summed E-state index contributed by atoms with van der Waals surface area (Å²) < 4.78 is 12.1. The number of hydrogen-bond acceptors (Lipinski definition) is 4. The molecule has 136 valence electrons. The zero-order valence-corrected chi connectivity index (χ0v) is 17.6. The lowest BCUT2D eigenvalue weighted by Crippen LogP contribution is -2.45. The minimum atomic E-state index is -0.619. The summed E-state index contributed by atoms with van der Waals surface area (Å²) in [4.78, 5) is 24.5. The molecule has 0 aromatic heterocycles.